The van der Waals surface area contributed by atoms with Crippen molar-refractivity contribution < 1.29 is 0 Å². The summed E-state index contributed by atoms with van der Waals surface area (Å²) in [5.74, 6) is 1.93. The van der Waals surface area contributed by atoms with Gasteiger partial charge in [-0.3, -0.25) is 4.98 Å². The number of nitrogens with zero attached hydrogens (tertiary/aromatic N) is 6. The normalized spacial score (nSPS) is 16.6. The number of aromatic nitrogens is 4. The van der Waals surface area contributed by atoms with E-state index in [-0.39, 0.29) is 0 Å². The average molecular weight is 379 g/mol. The third kappa shape index (κ3) is 3.16. The summed E-state index contributed by atoms with van der Waals surface area (Å²) in [6.45, 7) is 5.95. The molecule has 0 unspecified atom stereocenters. The Labute approximate surface area is 162 Å². The lowest BCUT2D eigenvalue weighted by molar-refractivity contribution is 0.642. The first-order valence-corrected chi connectivity index (χ1v) is 10.4. The molecule has 0 N–H and O–H groups in total. The van der Waals surface area contributed by atoms with E-state index in [9.17, 15) is 0 Å². The molecule has 7 heteroatoms. The molecule has 3 aromatic rings. The molecule has 3 aromatic heterocycles. The summed E-state index contributed by atoms with van der Waals surface area (Å²) in [7, 11) is 0. The number of hydrogen-bond donors (Lipinski definition) is 0. The van der Waals surface area contributed by atoms with Gasteiger partial charge >= 0.3 is 0 Å². The van der Waals surface area contributed by atoms with Crippen molar-refractivity contribution in [2.24, 2.45) is 0 Å². The van der Waals surface area contributed by atoms with Crippen LogP contribution in [0.2, 0.25) is 0 Å². The van der Waals surface area contributed by atoms with Gasteiger partial charge in [0, 0.05) is 60.8 Å². The highest BCUT2D eigenvalue weighted by molar-refractivity contribution is 7.13. The lowest BCUT2D eigenvalue weighted by atomic mass is 10.2. The van der Waals surface area contributed by atoms with Crippen LogP contribution in [0.25, 0.3) is 11.4 Å². The van der Waals surface area contributed by atoms with E-state index in [0.29, 0.717) is 0 Å². The van der Waals surface area contributed by atoms with Crippen molar-refractivity contribution in [1.82, 2.24) is 19.9 Å². The maximum Gasteiger partial charge on any atom is 0.185 e. The van der Waals surface area contributed by atoms with Crippen molar-refractivity contribution in [3.05, 3.63) is 46.9 Å². The van der Waals surface area contributed by atoms with Gasteiger partial charge in [-0.2, -0.15) is 0 Å². The number of thiazole rings is 1. The van der Waals surface area contributed by atoms with Gasteiger partial charge in [-0.25, -0.2) is 15.0 Å². The van der Waals surface area contributed by atoms with Gasteiger partial charge in [-0.1, -0.05) is 0 Å². The van der Waals surface area contributed by atoms with E-state index in [1.54, 1.807) is 17.5 Å². The minimum Gasteiger partial charge on any atom is -0.353 e. The van der Waals surface area contributed by atoms with E-state index in [2.05, 4.69) is 32.1 Å². The highest BCUT2D eigenvalue weighted by Gasteiger charge is 2.26. The van der Waals surface area contributed by atoms with Gasteiger partial charge in [-0.05, 0) is 38.3 Å². The van der Waals surface area contributed by atoms with Gasteiger partial charge in [0.25, 0.3) is 0 Å². The molecule has 0 spiro atoms. The van der Waals surface area contributed by atoms with Crippen LogP contribution < -0.4 is 9.80 Å². The first-order chi connectivity index (χ1) is 13.3. The molecule has 4 heterocycles. The van der Waals surface area contributed by atoms with Crippen molar-refractivity contribution in [2.45, 2.75) is 26.2 Å². The fourth-order valence-corrected chi connectivity index (χ4v) is 4.75. The maximum atomic E-state index is 4.98. The van der Waals surface area contributed by atoms with Crippen LogP contribution in [-0.4, -0.2) is 46.1 Å². The van der Waals surface area contributed by atoms with Crippen molar-refractivity contribution in [1.29, 1.82) is 0 Å². The molecular weight excluding hydrogens is 356 g/mol. The molecule has 0 amide bonds. The maximum absolute atomic E-state index is 4.98. The Morgan fingerprint density at radius 3 is 2.59 bits per heavy atom. The highest BCUT2D eigenvalue weighted by Crippen LogP contribution is 2.32. The monoisotopic (exact) mass is 378 g/mol. The molecule has 0 bridgehead atoms. The molecule has 0 radical (unpaired) electrons. The van der Waals surface area contributed by atoms with E-state index in [4.69, 9.17) is 9.97 Å². The van der Waals surface area contributed by atoms with Gasteiger partial charge in [0.05, 0.1) is 5.69 Å². The van der Waals surface area contributed by atoms with Gasteiger partial charge < -0.3 is 9.80 Å². The fourth-order valence-electron chi connectivity index (χ4n) is 3.89. The van der Waals surface area contributed by atoms with Gasteiger partial charge in [0.2, 0.25) is 0 Å². The zero-order valence-electron chi connectivity index (χ0n) is 15.4. The molecule has 0 atom stereocenters. The zero-order valence-corrected chi connectivity index (χ0v) is 16.2. The molecule has 5 rings (SSSR count). The molecular formula is C20H22N6S. The number of piperazine rings is 1. The van der Waals surface area contributed by atoms with Crippen LogP contribution in [0, 0.1) is 6.92 Å². The summed E-state index contributed by atoms with van der Waals surface area (Å²) in [4.78, 5) is 23.5. The summed E-state index contributed by atoms with van der Waals surface area (Å²) in [6, 6.07) is 3.98. The Morgan fingerprint density at radius 2 is 1.85 bits per heavy atom. The summed E-state index contributed by atoms with van der Waals surface area (Å²) in [6.07, 6.45) is 6.95. The Morgan fingerprint density at radius 1 is 1.00 bits per heavy atom. The number of aryl methyl sites for hydroxylation is 2. The van der Waals surface area contributed by atoms with E-state index in [1.165, 1.54) is 17.7 Å². The number of rotatable bonds is 3. The van der Waals surface area contributed by atoms with Crippen molar-refractivity contribution in [3.63, 3.8) is 0 Å². The highest BCUT2D eigenvalue weighted by atomic mass is 32.1. The summed E-state index contributed by atoms with van der Waals surface area (Å²) in [5, 5.41) is 3.26. The largest absolute Gasteiger partial charge is 0.353 e. The topological polar surface area (TPSA) is 58.0 Å². The third-order valence-corrected chi connectivity index (χ3v) is 6.31. The molecule has 0 saturated carbocycles. The first kappa shape index (κ1) is 16.6. The minimum absolute atomic E-state index is 0.803. The molecule has 2 aliphatic rings. The lowest BCUT2D eigenvalue weighted by Crippen LogP contribution is -2.47. The van der Waals surface area contributed by atoms with E-state index in [1.807, 2.05) is 18.3 Å². The van der Waals surface area contributed by atoms with E-state index >= 15 is 0 Å². The first-order valence-electron chi connectivity index (χ1n) is 9.50. The lowest BCUT2D eigenvalue weighted by Gasteiger charge is -2.36. The zero-order chi connectivity index (χ0) is 18.2. The van der Waals surface area contributed by atoms with Gasteiger partial charge in [0.1, 0.15) is 5.82 Å². The summed E-state index contributed by atoms with van der Waals surface area (Å²) >= 11 is 1.74. The third-order valence-electron chi connectivity index (χ3n) is 5.29. The molecule has 1 aliphatic carbocycles. The predicted molar refractivity (Wildman–Crippen MR) is 109 cm³/mol. The van der Waals surface area contributed by atoms with Crippen LogP contribution >= 0.6 is 11.3 Å². The van der Waals surface area contributed by atoms with Crippen molar-refractivity contribution >= 4 is 22.3 Å². The van der Waals surface area contributed by atoms with Crippen molar-refractivity contribution in [3.8, 4) is 11.4 Å². The minimum atomic E-state index is 0.803. The second-order valence-electron chi connectivity index (χ2n) is 7.14. The van der Waals surface area contributed by atoms with Crippen molar-refractivity contribution in [2.75, 3.05) is 36.0 Å². The number of pyridine rings is 1. The van der Waals surface area contributed by atoms with E-state index < -0.39 is 0 Å². The Kier molecular flexibility index (Phi) is 4.24. The van der Waals surface area contributed by atoms with Crippen LogP contribution in [0.1, 0.15) is 23.4 Å². The van der Waals surface area contributed by atoms with Gasteiger partial charge in [-0.15, -0.1) is 11.3 Å². The number of hydrogen-bond acceptors (Lipinski definition) is 7. The number of anilines is 2. The predicted octanol–water partition coefficient (Wildman–Crippen LogP) is 3.12. The standard InChI is InChI=1S/C20H22N6S/c1-14-13-27-20(22-14)26-10-8-25(9-11-26)19-16-5-2-6-17(16)23-18(24-19)15-4-3-7-21-12-15/h3-4,7,12-13H,2,5-6,8-11H2,1H3. The Hall–Kier alpha value is -2.54. The Bertz CT molecular complexity index is 946. The Balaban J connectivity index is 1.42. The average Bonchev–Trinajstić information content (AvgIpc) is 3.37. The second kappa shape index (κ2) is 6.88. The van der Waals surface area contributed by atoms with Crippen LogP contribution in [-0.2, 0) is 12.8 Å². The number of fused-ring (bicyclic) bond motifs is 1. The van der Waals surface area contributed by atoms with Gasteiger partial charge in [0.15, 0.2) is 11.0 Å². The van der Waals surface area contributed by atoms with Crippen LogP contribution in [0.3, 0.4) is 0 Å². The molecule has 1 fully saturated rings. The quantitative estimate of drug-likeness (QED) is 0.698. The van der Waals surface area contributed by atoms with Crippen LogP contribution in [0.4, 0.5) is 10.9 Å². The molecule has 138 valence electrons. The molecule has 27 heavy (non-hydrogen) atoms. The molecule has 0 aromatic carbocycles. The fraction of sp³-hybridized carbons (Fsp3) is 0.400. The molecule has 1 saturated heterocycles. The molecule has 1 aliphatic heterocycles. The van der Waals surface area contributed by atoms with E-state index in [0.717, 1.165) is 67.1 Å². The second-order valence-corrected chi connectivity index (χ2v) is 7.97. The molecule has 6 nitrogen and oxygen atoms in total. The van der Waals surface area contributed by atoms with Crippen LogP contribution in [0.15, 0.2) is 29.9 Å². The van der Waals surface area contributed by atoms with Crippen LogP contribution in [0.5, 0.6) is 0 Å². The SMILES string of the molecule is Cc1csc(N2CCN(c3nc(-c4cccnc4)nc4c3CCC4)CC2)n1. The summed E-state index contributed by atoms with van der Waals surface area (Å²) < 4.78 is 0. The summed E-state index contributed by atoms with van der Waals surface area (Å²) in [5.41, 5.74) is 4.66. The smallest absolute Gasteiger partial charge is 0.185 e.